The molecule has 0 saturated heterocycles. The standard InChI is InChI=1S/C9H13NO3/c1-3-6-12-13-9-5-4-8(11-2)7-10-9/h4-5,7H,3,6H2,1-2H3. The first kappa shape index (κ1) is 9.80. The molecule has 1 heterocycles. The fourth-order valence-electron chi connectivity index (χ4n) is 0.722. The van der Waals surface area contributed by atoms with Gasteiger partial charge >= 0.3 is 0 Å². The lowest BCUT2D eigenvalue weighted by Gasteiger charge is -2.03. The van der Waals surface area contributed by atoms with Crippen molar-refractivity contribution in [2.24, 2.45) is 0 Å². The average Bonchev–Trinajstić information content (AvgIpc) is 2.19. The van der Waals surface area contributed by atoms with Crippen molar-refractivity contribution in [3.05, 3.63) is 18.3 Å². The number of aromatic nitrogens is 1. The Hall–Kier alpha value is -1.29. The molecule has 0 spiro atoms. The van der Waals surface area contributed by atoms with Gasteiger partial charge in [-0.15, -0.1) is 0 Å². The maximum absolute atomic E-state index is 4.94. The second-order valence-corrected chi connectivity index (χ2v) is 2.44. The predicted molar refractivity (Wildman–Crippen MR) is 47.7 cm³/mol. The maximum Gasteiger partial charge on any atom is 0.256 e. The minimum absolute atomic E-state index is 0.439. The van der Waals surface area contributed by atoms with Crippen LogP contribution in [0.5, 0.6) is 11.6 Å². The fraction of sp³-hybridized carbons (Fsp3) is 0.444. The van der Waals surface area contributed by atoms with Gasteiger partial charge in [0.25, 0.3) is 5.88 Å². The highest BCUT2D eigenvalue weighted by molar-refractivity contribution is 5.22. The Morgan fingerprint density at radius 3 is 2.77 bits per heavy atom. The molecule has 0 N–H and O–H groups in total. The van der Waals surface area contributed by atoms with Crippen LogP contribution in [0.3, 0.4) is 0 Å². The van der Waals surface area contributed by atoms with E-state index in [0.717, 1.165) is 6.42 Å². The number of hydrogen-bond donors (Lipinski definition) is 0. The Bertz CT molecular complexity index is 235. The molecule has 1 rings (SSSR count). The van der Waals surface area contributed by atoms with Crippen LogP contribution in [0.25, 0.3) is 0 Å². The van der Waals surface area contributed by atoms with E-state index in [9.17, 15) is 0 Å². The number of ether oxygens (including phenoxy) is 1. The van der Waals surface area contributed by atoms with Gasteiger partial charge in [0, 0.05) is 6.07 Å². The van der Waals surface area contributed by atoms with Crippen molar-refractivity contribution < 1.29 is 14.5 Å². The van der Waals surface area contributed by atoms with Gasteiger partial charge in [0.2, 0.25) is 0 Å². The van der Waals surface area contributed by atoms with Crippen molar-refractivity contribution in [3.63, 3.8) is 0 Å². The van der Waals surface area contributed by atoms with Gasteiger partial charge in [-0.25, -0.2) is 4.98 Å². The topological polar surface area (TPSA) is 40.6 Å². The molecule has 0 radical (unpaired) electrons. The quantitative estimate of drug-likeness (QED) is 0.396. The molecule has 0 atom stereocenters. The highest BCUT2D eigenvalue weighted by atomic mass is 17.2. The SMILES string of the molecule is CCCOOc1ccc(OC)cn1. The summed E-state index contributed by atoms with van der Waals surface area (Å²) in [6.07, 6.45) is 2.49. The third-order valence-electron chi connectivity index (χ3n) is 1.38. The molecule has 0 saturated carbocycles. The molecule has 13 heavy (non-hydrogen) atoms. The first-order chi connectivity index (χ1) is 6.36. The molecule has 4 heteroatoms. The van der Waals surface area contributed by atoms with Crippen LogP contribution in [0.2, 0.25) is 0 Å². The lowest BCUT2D eigenvalue weighted by molar-refractivity contribution is -0.209. The summed E-state index contributed by atoms with van der Waals surface area (Å²) in [7, 11) is 1.59. The Balaban J connectivity index is 2.40. The first-order valence-electron chi connectivity index (χ1n) is 4.16. The Morgan fingerprint density at radius 2 is 2.23 bits per heavy atom. The normalized spacial score (nSPS) is 9.69. The third kappa shape index (κ3) is 3.29. The molecular weight excluding hydrogens is 170 g/mol. The molecule has 0 aliphatic heterocycles. The molecule has 4 nitrogen and oxygen atoms in total. The summed E-state index contributed by atoms with van der Waals surface area (Å²) < 4.78 is 4.94. The maximum atomic E-state index is 4.94. The van der Waals surface area contributed by atoms with Crippen molar-refractivity contribution in [1.82, 2.24) is 4.98 Å². The third-order valence-corrected chi connectivity index (χ3v) is 1.38. The van der Waals surface area contributed by atoms with Crippen LogP contribution in [-0.4, -0.2) is 18.7 Å². The molecule has 0 fully saturated rings. The Labute approximate surface area is 77.4 Å². The number of nitrogens with zero attached hydrogens (tertiary/aromatic N) is 1. The summed E-state index contributed by atoms with van der Waals surface area (Å²) in [5.41, 5.74) is 0. The molecule has 1 aromatic rings. The van der Waals surface area contributed by atoms with Gasteiger partial charge in [0.1, 0.15) is 5.75 Å². The van der Waals surface area contributed by atoms with Crippen molar-refractivity contribution in [3.8, 4) is 11.6 Å². The highest BCUT2D eigenvalue weighted by Gasteiger charge is 1.96. The summed E-state index contributed by atoms with van der Waals surface area (Å²) in [4.78, 5) is 13.7. The zero-order valence-electron chi connectivity index (χ0n) is 7.82. The lowest BCUT2D eigenvalue weighted by Crippen LogP contribution is -1.99. The Morgan fingerprint density at radius 1 is 1.38 bits per heavy atom. The Kier molecular flexibility index (Phi) is 4.05. The van der Waals surface area contributed by atoms with Gasteiger partial charge in [-0.05, 0) is 12.5 Å². The van der Waals surface area contributed by atoms with Crippen LogP contribution in [0.1, 0.15) is 13.3 Å². The second kappa shape index (κ2) is 5.37. The van der Waals surface area contributed by atoms with E-state index in [0.29, 0.717) is 18.2 Å². The smallest absolute Gasteiger partial charge is 0.256 e. The number of pyridine rings is 1. The predicted octanol–water partition coefficient (Wildman–Crippen LogP) is 1.81. The van der Waals surface area contributed by atoms with Gasteiger partial charge in [0.05, 0.1) is 19.9 Å². The van der Waals surface area contributed by atoms with Crippen molar-refractivity contribution >= 4 is 0 Å². The van der Waals surface area contributed by atoms with Gasteiger partial charge in [-0.1, -0.05) is 6.92 Å². The molecule has 0 aliphatic carbocycles. The molecule has 0 unspecified atom stereocenters. The number of rotatable bonds is 5. The van der Waals surface area contributed by atoms with Crippen molar-refractivity contribution in [2.45, 2.75) is 13.3 Å². The van der Waals surface area contributed by atoms with Crippen LogP contribution in [0, 0.1) is 0 Å². The van der Waals surface area contributed by atoms with Gasteiger partial charge in [-0.3, -0.25) is 0 Å². The van der Waals surface area contributed by atoms with Crippen LogP contribution in [0.4, 0.5) is 0 Å². The van der Waals surface area contributed by atoms with E-state index < -0.39 is 0 Å². The van der Waals surface area contributed by atoms with E-state index in [1.165, 1.54) is 0 Å². The summed E-state index contributed by atoms with van der Waals surface area (Å²) >= 11 is 0. The largest absolute Gasteiger partial charge is 0.495 e. The monoisotopic (exact) mass is 183 g/mol. The molecule has 0 bridgehead atoms. The fourth-order valence-corrected chi connectivity index (χ4v) is 0.722. The zero-order valence-corrected chi connectivity index (χ0v) is 7.82. The molecule has 0 aromatic carbocycles. The lowest BCUT2D eigenvalue weighted by atomic mass is 10.4. The zero-order chi connectivity index (χ0) is 9.52. The molecule has 0 amide bonds. The van der Waals surface area contributed by atoms with E-state index in [1.54, 1.807) is 25.4 Å². The van der Waals surface area contributed by atoms with E-state index in [4.69, 9.17) is 14.5 Å². The summed E-state index contributed by atoms with van der Waals surface area (Å²) in [5.74, 6) is 1.14. The highest BCUT2D eigenvalue weighted by Crippen LogP contribution is 2.12. The van der Waals surface area contributed by atoms with E-state index in [-0.39, 0.29) is 0 Å². The number of methoxy groups -OCH3 is 1. The van der Waals surface area contributed by atoms with E-state index in [1.807, 2.05) is 6.92 Å². The minimum Gasteiger partial charge on any atom is -0.495 e. The molecule has 1 aromatic heterocycles. The van der Waals surface area contributed by atoms with Gasteiger partial charge < -0.3 is 9.62 Å². The first-order valence-corrected chi connectivity index (χ1v) is 4.16. The van der Waals surface area contributed by atoms with Crippen LogP contribution in [-0.2, 0) is 4.89 Å². The van der Waals surface area contributed by atoms with Crippen molar-refractivity contribution in [2.75, 3.05) is 13.7 Å². The van der Waals surface area contributed by atoms with Crippen LogP contribution >= 0.6 is 0 Å². The molecule has 72 valence electrons. The molecule has 0 aliphatic rings. The van der Waals surface area contributed by atoms with Gasteiger partial charge in [0.15, 0.2) is 0 Å². The summed E-state index contributed by atoms with van der Waals surface area (Å²) in [6, 6.07) is 3.45. The van der Waals surface area contributed by atoms with Crippen LogP contribution in [0.15, 0.2) is 18.3 Å². The molecular formula is C9H13NO3. The minimum atomic E-state index is 0.439. The van der Waals surface area contributed by atoms with Crippen LogP contribution < -0.4 is 9.62 Å². The summed E-state index contributed by atoms with van der Waals surface area (Å²) in [6.45, 7) is 2.57. The van der Waals surface area contributed by atoms with E-state index >= 15 is 0 Å². The summed E-state index contributed by atoms with van der Waals surface area (Å²) in [5, 5.41) is 0. The second-order valence-electron chi connectivity index (χ2n) is 2.44. The van der Waals surface area contributed by atoms with Crippen molar-refractivity contribution in [1.29, 1.82) is 0 Å². The van der Waals surface area contributed by atoms with E-state index in [2.05, 4.69) is 4.98 Å². The number of hydrogen-bond acceptors (Lipinski definition) is 4. The average molecular weight is 183 g/mol. The van der Waals surface area contributed by atoms with Gasteiger partial charge in [-0.2, -0.15) is 4.89 Å².